The third kappa shape index (κ3) is 5.19. The number of benzene rings is 3. The van der Waals surface area contributed by atoms with E-state index in [1.807, 2.05) is 75.4 Å². The molecule has 0 spiro atoms. The van der Waals surface area contributed by atoms with Crippen molar-refractivity contribution in [2.24, 2.45) is 4.99 Å². The monoisotopic (exact) mass is 500 g/mol. The van der Waals surface area contributed by atoms with Crippen molar-refractivity contribution in [2.45, 2.75) is 32.5 Å². The molecule has 6 nitrogen and oxygen atoms in total. The number of amides is 3. The molecule has 0 bridgehead atoms. The van der Waals surface area contributed by atoms with E-state index in [9.17, 15) is 9.59 Å². The Balaban J connectivity index is 1.66. The van der Waals surface area contributed by atoms with Crippen LogP contribution < -0.4 is 15.5 Å². The smallest absolute Gasteiger partial charge is 0.317 e. The van der Waals surface area contributed by atoms with Gasteiger partial charge in [0.2, 0.25) is 6.17 Å². The summed E-state index contributed by atoms with van der Waals surface area (Å²) in [6.07, 6.45) is -1.13. The van der Waals surface area contributed by atoms with Gasteiger partial charge in [0.1, 0.15) is 0 Å². The third-order valence-electron chi connectivity index (χ3n) is 6.22. The van der Waals surface area contributed by atoms with Gasteiger partial charge < -0.3 is 15.5 Å². The maximum atomic E-state index is 13.4. The summed E-state index contributed by atoms with van der Waals surface area (Å²) in [5.74, 6) is -0.360. The summed E-state index contributed by atoms with van der Waals surface area (Å²) in [5.41, 5.74) is 4.90. The van der Waals surface area contributed by atoms with Crippen LogP contribution in [0.4, 0.5) is 10.5 Å². The predicted octanol–water partition coefficient (Wildman–Crippen LogP) is 5.75. The molecule has 0 aliphatic carbocycles. The van der Waals surface area contributed by atoms with Gasteiger partial charge in [-0.2, -0.15) is 0 Å². The molecule has 0 saturated heterocycles. The predicted molar refractivity (Wildman–Crippen MR) is 147 cm³/mol. The van der Waals surface area contributed by atoms with Crippen LogP contribution in [0.1, 0.15) is 43.0 Å². The van der Waals surface area contributed by atoms with E-state index in [4.69, 9.17) is 16.6 Å². The second-order valence-corrected chi connectivity index (χ2v) is 9.83. The van der Waals surface area contributed by atoms with Crippen molar-refractivity contribution in [1.82, 2.24) is 10.6 Å². The summed E-state index contributed by atoms with van der Waals surface area (Å²) >= 11 is 6.31. The van der Waals surface area contributed by atoms with Crippen LogP contribution in [-0.4, -0.2) is 30.9 Å². The van der Waals surface area contributed by atoms with Crippen molar-refractivity contribution >= 4 is 40.5 Å². The van der Waals surface area contributed by atoms with Gasteiger partial charge in [-0.1, -0.05) is 72.3 Å². The Bertz CT molecular complexity index is 1360. The lowest BCUT2D eigenvalue weighted by molar-refractivity contribution is -0.119. The second-order valence-electron chi connectivity index (χ2n) is 9.39. The largest absolute Gasteiger partial charge is 0.329 e. The van der Waals surface area contributed by atoms with Crippen molar-refractivity contribution < 1.29 is 9.59 Å². The Kier molecular flexibility index (Phi) is 7.00. The molecule has 0 radical (unpaired) electrons. The van der Waals surface area contributed by atoms with Gasteiger partial charge in [-0.25, -0.2) is 9.79 Å². The van der Waals surface area contributed by atoms with E-state index in [1.165, 1.54) is 4.90 Å². The number of fused-ring (bicyclic) bond motifs is 1. The molecule has 0 fully saturated rings. The van der Waals surface area contributed by atoms with Crippen LogP contribution in [0.25, 0.3) is 5.57 Å². The molecular formula is C29H29ClN4O2. The van der Waals surface area contributed by atoms with E-state index >= 15 is 0 Å². The molecule has 3 aromatic carbocycles. The fourth-order valence-electron chi connectivity index (χ4n) is 4.16. The molecule has 0 saturated carbocycles. The van der Waals surface area contributed by atoms with E-state index in [1.54, 1.807) is 25.2 Å². The minimum atomic E-state index is -1.13. The SMILES string of the molecule is C=C(C)c1cccc(C(C)(C)NC(=O)NC2N=C(c3ccccc3)c3cc(Cl)ccc3N(C)C2=O)c1. The fraction of sp³-hybridized carbons (Fsp3) is 0.207. The number of aliphatic imine (C=N–C) groups is 1. The van der Waals surface area contributed by atoms with Gasteiger partial charge in [0, 0.05) is 23.2 Å². The topological polar surface area (TPSA) is 73.8 Å². The highest BCUT2D eigenvalue weighted by Crippen LogP contribution is 2.30. The molecule has 184 valence electrons. The lowest BCUT2D eigenvalue weighted by Gasteiger charge is -2.28. The number of nitrogens with one attached hydrogen (secondary N) is 2. The Hall–Kier alpha value is -3.90. The number of carbonyl (C=O) groups is 2. The van der Waals surface area contributed by atoms with Gasteiger partial charge >= 0.3 is 6.03 Å². The highest BCUT2D eigenvalue weighted by Gasteiger charge is 2.32. The van der Waals surface area contributed by atoms with Crippen molar-refractivity contribution in [3.05, 3.63) is 107 Å². The number of allylic oxidation sites excluding steroid dienone is 1. The number of likely N-dealkylation sites (N-methyl/N-ethyl adjacent to an activating group) is 1. The third-order valence-corrected chi connectivity index (χ3v) is 6.45. The zero-order valence-corrected chi connectivity index (χ0v) is 21.6. The van der Waals surface area contributed by atoms with Crippen LogP contribution in [0.5, 0.6) is 0 Å². The number of urea groups is 1. The first-order valence-electron chi connectivity index (χ1n) is 11.6. The number of rotatable bonds is 5. The average Bonchev–Trinajstić information content (AvgIpc) is 2.94. The zero-order chi connectivity index (χ0) is 26.0. The average molecular weight is 501 g/mol. The van der Waals surface area contributed by atoms with E-state index in [0.717, 1.165) is 22.3 Å². The maximum absolute atomic E-state index is 13.4. The van der Waals surface area contributed by atoms with Gasteiger partial charge in [0.25, 0.3) is 5.91 Å². The molecule has 2 N–H and O–H groups in total. The molecular weight excluding hydrogens is 472 g/mol. The first kappa shape index (κ1) is 25.2. The van der Waals surface area contributed by atoms with Gasteiger partial charge in [-0.15, -0.1) is 0 Å². The first-order valence-corrected chi connectivity index (χ1v) is 12.0. The molecule has 3 aromatic rings. The van der Waals surface area contributed by atoms with Gasteiger partial charge in [0.05, 0.1) is 16.9 Å². The number of benzodiazepines with no additional fused rings is 1. The standard InChI is InChI=1S/C29H29ClN4O2/c1-18(2)20-12-9-13-21(16-20)29(3,4)33-28(36)32-26-27(35)34(5)24-15-14-22(30)17-23(24)25(31-26)19-10-7-6-8-11-19/h6-17,26H,1H2,2-5H3,(H2,32,33,36). The van der Waals surface area contributed by atoms with Crippen molar-refractivity contribution in [1.29, 1.82) is 0 Å². The number of halogens is 1. The number of hydrogen-bond acceptors (Lipinski definition) is 3. The van der Waals surface area contributed by atoms with E-state index < -0.39 is 17.7 Å². The maximum Gasteiger partial charge on any atom is 0.317 e. The first-order chi connectivity index (χ1) is 17.1. The van der Waals surface area contributed by atoms with Crippen LogP contribution in [0.3, 0.4) is 0 Å². The van der Waals surface area contributed by atoms with Gasteiger partial charge in [-0.3, -0.25) is 4.79 Å². The van der Waals surface area contributed by atoms with E-state index in [2.05, 4.69) is 17.2 Å². The molecule has 0 aromatic heterocycles. The van der Waals surface area contributed by atoms with Crippen LogP contribution >= 0.6 is 11.6 Å². The molecule has 3 amide bonds. The highest BCUT2D eigenvalue weighted by molar-refractivity contribution is 6.32. The quantitative estimate of drug-likeness (QED) is 0.468. The molecule has 1 atom stereocenters. The second kappa shape index (κ2) is 9.99. The highest BCUT2D eigenvalue weighted by atomic mass is 35.5. The number of nitrogens with zero attached hydrogens (tertiary/aromatic N) is 2. The Morgan fingerprint density at radius 3 is 2.47 bits per heavy atom. The van der Waals surface area contributed by atoms with Crippen LogP contribution in [0.15, 0.2) is 84.4 Å². The molecule has 4 rings (SSSR count). The number of carbonyl (C=O) groups excluding carboxylic acids is 2. The molecule has 1 unspecified atom stereocenters. The summed E-state index contributed by atoms with van der Waals surface area (Å²) in [6.45, 7) is 9.75. The summed E-state index contributed by atoms with van der Waals surface area (Å²) < 4.78 is 0. The number of anilines is 1. The van der Waals surface area contributed by atoms with Gasteiger partial charge in [0.15, 0.2) is 0 Å². The summed E-state index contributed by atoms with van der Waals surface area (Å²) in [7, 11) is 1.66. The lowest BCUT2D eigenvalue weighted by Crippen LogP contribution is -2.53. The fourth-order valence-corrected chi connectivity index (χ4v) is 4.33. The van der Waals surface area contributed by atoms with Crippen LogP contribution in [-0.2, 0) is 10.3 Å². The Labute approximate surface area is 216 Å². The summed E-state index contributed by atoms with van der Waals surface area (Å²) in [5, 5.41) is 6.29. The summed E-state index contributed by atoms with van der Waals surface area (Å²) in [6, 6.07) is 22.2. The zero-order valence-electron chi connectivity index (χ0n) is 20.8. The number of hydrogen-bond donors (Lipinski definition) is 2. The normalized spacial score (nSPS) is 15.5. The van der Waals surface area contributed by atoms with E-state index in [0.29, 0.717) is 22.0 Å². The van der Waals surface area contributed by atoms with Crippen LogP contribution in [0.2, 0.25) is 5.02 Å². The molecule has 1 heterocycles. The minimum Gasteiger partial charge on any atom is -0.329 e. The molecule has 7 heteroatoms. The molecule has 36 heavy (non-hydrogen) atoms. The van der Waals surface area contributed by atoms with Crippen molar-refractivity contribution in [3.8, 4) is 0 Å². The van der Waals surface area contributed by atoms with E-state index in [-0.39, 0.29) is 5.91 Å². The van der Waals surface area contributed by atoms with Crippen LogP contribution in [0, 0.1) is 0 Å². The minimum absolute atomic E-state index is 0.360. The summed E-state index contributed by atoms with van der Waals surface area (Å²) in [4.78, 5) is 32.8. The van der Waals surface area contributed by atoms with Gasteiger partial charge in [-0.05, 0) is 56.2 Å². The Morgan fingerprint density at radius 2 is 1.78 bits per heavy atom. The van der Waals surface area contributed by atoms with Crippen molar-refractivity contribution in [3.63, 3.8) is 0 Å². The molecule has 1 aliphatic heterocycles. The van der Waals surface area contributed by atoms with Crippen molar-refractivity contribution in [2.75, 3.05) is 11.9 Å². The lowest BCUT2D eigenvalue weighted by atomic mass is 9.92. The molecule has 1 aliphatic rings. The Morgan fingerprint density at radius 1 is 1.06 bits per heavy atom.